The summed E-state index contributed by atoms with van der Waals surface area (Å²) in [6.07, 6.45) is 1.44. The monoisotopic (exact) mass is 394 g/mol. The van der Waals surface area contributed by atoms with Crippen molar-refractivity contribution in [2.24, 2.45) is 0 Å². The second-order valence-electron chi connectivity index (χ2n) is 6.78. The largest absolute Gasteiger partial charge is 0.350 e. The number of amides is 1. The van der Waals surface area contributed by atoms with E-state index in [1.807, 2.05) is 30.3 Å². The molecular weight excluding hydrogens is 372 g/mol. The minimum atomic E-state index is -0.234. The second kappa shape index (κ2) is 9.33. The summed E-state index contributed by atoms with van der Waals surface area (Å²) in [6.45, 7) is 5.32. The van der Waals surface area contributed by atoms with Crippen LogP contribution >= 0.6 is 11.6 Å². The standard InChI is InChI=1S/C22H23ClN4O/c1-16(2)27(14-18-6-4-3-5-7-18)21-12-20(25-15-26-21)22(28)24-13-17-8-10-19(23)11-9-17/h3-12,15-16H,13-14H2,1-2H3,(H,24,28). The molecule has 6 heteroatoms. The van der Waals surface area contributed by atoms with Crippen molar-refractivity contribution < 1.29 is 4.79 Å². The van der Waals surface area contributed by atoms with Gasteiger partial charge in [0.2, 0.25) is 0 Å². The molecule has 3 aromatic rings. The maximum Gasteiger partial charge on any atom is 0.270 e. The van der Waals surface area contributed by atoms with Crippen molar-refractivity contribution in [1.29, 1.82) is 0 Å². The van der Waals surface area contributed by atoms with Gasteiger partial charge in [0, 0.05) is 30.2 Å². The minimum absolute atomic E-state index is 0.222. The molecule has 0 aliphatic rings. The predicted octanol–water partition coefficient (Wildman–Crippen LogP) is 4.48. The summed E-state index contributed by atoms with van der Waals surface area (Å²) in [5.74, 6) is 0.493. The summed E-state index contributed by atoms with van der Waals surface area (Å²) in [4.78, 5) is 23.2. The first-order chi connectivity index (χ1) is 13.5. The number of nitrogens with one attached hydrogen (secondary N) is 1. The van der Waals surface area contributed by atoms with Crippen molar-refractivity contribution in [1.82, 2.24) is 15.3 Å². The predicted molar refractivity (Wildman–Crippen MR) is 112 cm³/mol. The van der Waals surface area contributed by atoms with Crippen LogP contribution in [0.2, 0.25) is 5.02 Å². The van der Waals surface area contributed by atoms with Gasteiger partial charge in [0.1, 0.15) is 17.8 Å². The van der Waals surface area contributed by atoms with E-state index in [1.54, 1.807) is 18.2 Å². The van der Waals surface area contributed by atoms with Gasteiger partial charge in [0.15, 0.2) is 0 Å². The highest BCUT2D eigenvalue weighted by Crippen LogP contribution is 2.18. The van der Waals surface area contributed by atoms with E-state index < -0.39 is 0 Å². The molecule has 3 rings (SSSR count). The lowest BCUT2D eigenvalue weighted by atomic mass is 10.2. The Bertz CT molecular complexity index is 913. The summed E-state index contributed by atoms with van der Waals surface area (Å²) in [5, 5.41) is 3.56. The maximum absolute atomic E-state index is 12.5. The number of nitrogens with zero attached hydrogens (tertiary/aromatic N) is 3. The zero-order chi connectivity index (χ0) is 19.9. The molecule has 0 fully saturated rings. The number of rotatable bonds is 7. The van der Waals surface area contributed by atoms with Crippen LogP contribution in [0.3, 0.4) is 0 Å². The number of carbonyl (C=O) groups is 1. The highest BCUT2D eigenvalue weighted by molar-refractivity contribution is 6.30. The second-order valence-corrected chi connectivity index (χ2v) is 7.21. The summed E-state index contributed by atoms with van der Waals surface area (Å²) in [7, 11) is 0. The molecule has 1 amide bonds. The molecule has 0 radical (unpaired) electrons. The highest BCUT2D eigenvalue weighted by Gasteiger charge is 2.16. The minimum Gasteiger partial charge on any atom is -0.350 e. The van der Waals surface area contributed by atoms with Gasteiger partial charge < -0.3 is 10.2 Å². The first kappa shape index (κ1) is 19.8. The van der Waals surface area contributed by atoms with Crippen LogP contribution < -0.4 is 10.2 Å². The van der Waals surface area contributed by atoms with Crippen LogP contribution in [0.4, 0.5) is 5.82 Å². The van der Waals surface area contributed by atoms with Crippen LogP contribution in [0.25, 0.3) is 0 Å². The molecular formula is C22H23ClN4O. The number of aromatic nitrogens is 2. The molecule has 0 bridgehead atoms. The average molecular weight is 395 g/mol. The number of halogens is 1. The van der Waals surface area contributed by atoms with Crippen LogP contribution in [0, 0.1) is 0 Å². The summed E-state index contributed by atoms with van der Waals surface area (Å²) in [5.41, 5.74) is 2.50. The SMILES string of the molecule is CC(C)N(Cc1ccccc1)c1cc(C(=O)NCc2ccc(Cl)cc2)ncn1. The molecule has 0 saturated heterocycles. The average Bonchev–Trinajstić information content (AvgIpc) is 2.72. The van der Waals surface area contributed by atoms with E-state index in [1.165, 1.54) is 11.9 Å². The van der Waals surface area contributed by atoms with Crippen molar-refractivity contribution in [3.8, 4) is 0 Å². The lowest BCUT2D eigenvalue weighted by molar-refractivity contribution is 0.0945. The van der Waals surface area contributed by atoms with Gasteiger partial charge in [-0.15, -0.1) is 0 Å². The maximum atomic E-state index is 12.5. The Morgan fingerprint density at radius 2 is 1.75 bits per heavy atom. The number of carbonyl (C=O) groups excluding carboxylic acids is 1. The lowest BCUT2D eigenvalue weighted by Gasteiger charge is -2.28. The van der Waals surface area contributed by atoms with E-state index in [4.69, 9.17) is 11.6 Å². The number of hydrogen-bond donors (Lipinski definition) is 1. The summed E-state index contributed by atoms with van der Waals surface area (Å²) in [6, 6.07) is 19.5. The van der Waals surface area contributed by atoms with Crippen LogP contribution in [0.5, 0.6) is 0 Å². The Morgan fingerprint density at radius 1 is 1.04 bits per heavy atom. The molecule has 0 saturated carbocycles. The fraction of sp³-hybridized carbons (Fsp3) is 0.227. The molecule has 0 spiro atoms. The summed E-state index contributed by atoms with van der Waals surface area (Å²) < 4.78 is 0. The van der Waals surface area contributed by atoms with Gasteiger partial charge in [-0.05, 0) is 37.1 Å². The third kappa shape index (κ3) is 5.30. The number of benzene rings is 2. The molecule has 1 N–H and O–H groups in total. The molecule has 2 aromatic carbocycles. The Kier molecular flexibility index (Phi) is 6.61. The Balaban J connectivity index is 1.72. The zero-order valence-electron chi connectivity index (χ0n) is 16.0. The number of anilines is 1. The molecule has 0 aliphatic heterocycles. The van der Waals surface area contributed by atoms with Crippen LogP contribution in [0.1, 0.15) is 35.5 Å². The van der Waals surface area contributed by atoms with E-state index in [-0.39, 0.29) is 11.9 Å². The third-order valence-electron chi connectivity index (χ3n) is 4.36. The fourth-order valence-corrected chi connectivity index (χ4v) is 2.94. The zero-order valence-corrected chi connectivity index (χ0v) is 16.7. The van der Waals surface area contributed by atoms with Crippen molar-refractivity contribution in [3.63, 3.8) is 0 Å². The normalized spacial score (nSPS) is 10.7. The number of hydrogen-bond acceptors (Lipinski definition) is 4. The van der Waals surface area contributed by atoms with Crippen molar-refractivity contribution >= 4 is 23.3 Å². The first-order valence-corrected chi connectivity index (χ1v) is 9.56. The van der Waals surface area contributed by atoms with Gasteiger partial charge in [-0.2, -0.15) is 0 Å². The fourth-order valence-electron chi connectivity index (χ4n) is 2.81. The van der Waals surface area contributed by atoms with Gasteiger partial charge in [-0.1, -0.05) is 54.1 Å². The van der Waals surface area contributed by atoms with E-state index in [9.17, 15) is 4.79 Å². The molecule has 0 aliphatic carbocycles. The highest BCUT2D eigenvalue weighted by atomic mass is 35.5. The van der Waals surface area contributed by atoms with Gasteiger partial charge in [0.25, 0.3) is 5.91 Å². The Morgan fingerprint density at radius 3 is 2.43 bits per heavy atom. The van der Waals surface area contributed by atoms with Crippen LogP contribution in [-0.2, 0) is 13.1 Å². The van der Waals surface area contributed by atoms with Crippen LogP contribution in [-0.4, -0.2) is 21.9 Å². The Labute approximate surface area is 170 Å². The van der Waals surface area contributed by atoms with E-state index in [0.717, 1.165) is 11.4 Å². The summed E-state index contributed by atoms with van der Waals surface area (Å²) >= 11 is 5.89. The van der Waals surface area contributed by atoms with E-state index >= 15 is 0 Å². The van der Waals surface area contributed by atoms with Crippen molar-refractivity contribution in [2.45, 2.75) is 33.0 Å². The van der Waals surface area contributed by atoms with E-state index in [0.29, 0.717) is 23.8 Å². The lowest BCUT2D eigenvalue weighted by Crippen LogP contribution is -2.31. The molecule has 1 aromatic heterocycles. The topological polar surface area (TPSA) is 58.1 Å². The van der Waals surface area contributed by atoms with Crippen molar-refractivity contribution in [2.75, 3.05) is 4.90 Å². The van der Waals surface area contributed by atoms with Crippen molar-refractivity contribution in [3.05, 3.63) is 88.8 Å². The molecule has 1 heterocycles. The first-order valence-electron chi connectivity index (χ1n) is 9.18. The molecule has 0 unspecified atom stereocenters. The van der Waals surface area contributed by atoms with E-state index in [2.05, 4.69) is 46.2 Å². The Hall–Kier alpha value is -2.92. The molecule has 28 heavy (non-hydrogen) atoms. The van der Waals surface area contributed by atoms with Gasteiger partial charge >= 0.3 is 0 Å². The van der Waals surface area contributed by atoms with Crippen LogP contribution in [0.15, 0.2) is 67.0 Å². The molecule has 5 nitrogen and oxygen atoms in total. The molecule has 0 atom stereocenters. The molecule has 144 valence electrons. The smallest absolute Gasteiger partial charge is 0.270 e. The quantitative estimate of drug-likeness (QED) is 0.642. The third-order valence-corrected chi connectivity index (χ3v) is 4.62. The van der Waals surface area contributed by atoms with Gasteiger partial charge in [0.05, 0.1) is 0 Å². The van der Waals surface area contributed by atoms with Gasteiger partial charge in [-0.25, -0.2) is 9.97 Å². The van der Waals surface area contributed by atoms with Gasteiger partial charge in [-0.3, -0.25) is 4.79 Å².